The molecule has 0 saturated carbocycles. The molecule has 12 heavy (non-hydrogen) atoms. The van der Waals surface area contributed by atoms with E-state index in [9.17, 15) is 4.39 Å². The van der Waals surface area contributed by atoms with Gasteiger partial charge in [-0.1, -0.05) is 11.6 Å². The molecule has 0 aliphatic carbocycles. The van der Waals surface area contributed by atoms with Crippen LogP contribution in [-0.2, 0) is 5.54 Å². The molecule has 0 saturated heterocycles. The van der Waals surface area contributed by atoms with E-state index in [0.29, 0.717) is 4.60 Å². The summed E-state index contributed by atoms with van der Waals surface area (Å²) in [6.45, 7) is 5.75. The molecule has 2 nitrogen and oxygen atoms in total. The zero-order chi connectivity index (χ0) is 9.52. The van der Waals surface area contributed by atoms with Gasteiger partial charge in [-0.2, -0.15) is 5.10 Å². The van der Waals surface area contributed by atoms with Crippen molar-refractivity contribution in [1.29, 1.82) is 0 Å². The van der Waals surface area contributed by atoms with Crippen molar-refractivity contribution in [3.8, 4) is 0 Å². The molecule has 0 radical (unpaired) electrons. The van der Waals surface area contributed by atoms with Crippen molar-refractivity contribution in [2.45, 2.75) is 26.3 Å². The average Bonchev–Trinajstić information content (AvgIpc) is 2.15. The van der Waals surface area contributed by atoms with E-state index in [1.807, 2.05) is 20.8 Å². The Morgan fingerprint density at radius 3 is 2.17 bits per heavy atom. The van der Waals surface area contributed by atoms with E-state index >= 15 is 0 Å². The highest BCUT2D eigenvalue weighted by Gasteiger charge is 2.22. The molecule has 68 valence electrons. The molecule has 1 heterocycles. The van der Waals surface area contributed by atoms with Gasteiger partial charge in [0.1, 0.15) is 4.60 Å². The van der Waals surface area contributed by atoms with Crippen molar-refractivity contribution < 1.29 is 4.39 Å². The summed E-state index contributed by atoms with van der Waals surface area (Å²) < 4.78 is 14.8. The van der Waals surface area contributed by atoms with Gasteiger partial charge in [0.2, 0.25) is 0 Å². The van der Waals surface area contributed by atoms with E-state index in [0.717, 1.165) is 0 Å². The number of rotatable bonds is 0. The number of halogens is 3. The van der Waals surface area contributed by atoms with Crippen molar-refractivity contribution in [3.05, 3.63) is 15.6 Å². The fourth-order valence-electron chi connectivity index (χ4n) is 0.798. The van der Waals surface area contributed by atoms with Gasteiger partial charge in [-0.25, -0.2) is 9.07 Å². The number of aromatic nitrogens is 2. The first-order valence-electron chi connectivity index (χ1n) is 3.44. The van der Waals surface area contributed by atoms with Crippen LogP contribution < -0.4 is 0 Å². The summed E-state index contributed by atoms with van der Waals surface area (Å²) in [4.78, 5) is 0. The Kier molecular flexibility index (Phi) is 2.50. The number of nitrogens with zero attached hydrogens (tertiary/aromatic N) is 2. The van der Waals surface area contributed by atoms with Crippen LogP contribution >= 0.6 is 27.5 Å². The van der Waals surface area contributed by atoms with Crippen LogP contribution in [0.15, 0.2) is 4.60 Å². The fraction of sp³-hybridized carbons (Fsp3) is 0.571. The molecule has 5 heteroatoms. The second-order valence-electron chi connectivity index (χ2n) is 3.48. The van der Waals surface area contributed by atoms with E-state index < -0.39 is 5.82 Å². The molecule has 0 aliphatic heterocycles. The van der Waals surface area contributed by atoms with Crippen LogP contribution in [0.25, 0.3) is 0 Å². The van der Waals surface area contributed by atoms with Crippen LogP contribution in [0, 0.1) is 5.82 Å². The third-order valence-electron chi connectivity index (χ3n) is 1.37. The number of hydrogen-bond acceptors (Lipinski definition) is 1. The molecule has 1 aromatic rings. The molecule has 0 atom stereocenters. The molecule has 0 unspecified atom stereocenters. The second kappa shape index (κ2) is 3.00. The Hall–Kier alpha value is -0.0900. The van der Waals surface area contributed by atoms with E-state index in [2.05, 4.69) is 21.0 Å². The minimum atomic E-state index is -0.508. The first-order valence-corrected chi connectivity index (χ1v) is 4.61. The molecule has 0 spiro atoms. The molecule has 0 amide bonds. The van der Waals surface area contributed by atoms with Crippen LogP contribution in [0.1, 0.15) is 20.8 Å². The summed E-state index contributed by atoms with van der Waals surface area (Å²) in [6, 6.07) is 0. The molecule has 1 rings (SSSR count). The highest BCUT2D eigenvalue weighted by atomic mass is 79.9. The average molecular weight is 256 g/mol. The summed E-state index contributed by atoms with van der Waals surface area (Å²) in [7, 11) is 0. The predicted octanol–water partition coefficient (Wildman–Crippen LogP) is 3.19. The summed E-state index contributed by atoms with van der Waals surface area (Å²) in [6.07, 6.45) is 0. The number of hydrogen-bond donors (Lipinski definition) is 0. The maximum Gasteiger partial charge on any atom is 0.194 e. The third-order valence-corrected chi connectivity index (χ3v) is 2.30. The minimum absolute atomic E-state index is 0.100. The molecule has 0 aliphatic rings. The van der Waals surface area contributed by atoms with Crippen LogP contribution in [0.5, 0.6) is 0 Å². The molecular formula is C7H9BrClFN2. The van der Waals surface area contributed by atoms with Crippen LogP contribution in [0.4, 0.5) is 4.39 Å². The normalized spacial score (nSPS) is 12.2. The fourth-order valence-corrected chi connectivity index (χ4v) is 1.88. The standard InChI is InChI=1S/C7H9BrClFN2/c1-7(2,3)12-5(8)4(10)6(9)11-12/h1-3H3. The zero-order valence-corrected chi connectivity index (χ0v) is 9.37. The molecule has 0 bridgehead atoms. The van der Waals surface area contributed by atoms with E-state index in [1.165, 1.54) is 4.68 Å². The third kappa shape index (κ3) is 1.64. The van der Waals surface area contributed by atoms with Gasteiger partial charge in [-0.3, -0.25) is 0 Å². The largest absolute Gasteiger partial charge is 0.249 e. The zero-order valence-electron chi connectivity index (χ0n) is 7.03. The molecule has 0 fully saturated rings. The minimum Gasteiger partial charge on any atom is -0.249 e. The summed E-state index contributed by atoms with van der Waals surface area (Å²) in [5, 5.41) is 3.74. The van der Waals surface area contributed by atoms with Crippen molar-refractivity contribution in [2.75, 3.05) is 0 Å². The Labute approximate surface area is 83.8 Å². The highest BCUT2D eigenvalue weighted by Crippen LogP contribution is 2.27. The SMILES string of the molecule is CC(C)(C)n1nc(Cl)c(F)c1Br. The smallest absolute Gasteiger partial charge is 0.194 e. The van der Waals surface area contributed by atoms with Crippen molar-refractivity contribution >= 4 is 27.5 Å². The lowest BCUT2D eigenvalue weighted by Crippen LogP contribution is -2.23. The molecule has 1 aromatic heterocycles. The monoisotopic (exact) mass is 254 g/mol. The summed E-state index contributed by atoms with van der Waals surface area (Å²) in [5.74, 6) is -0.508. The lowest BCUT2D eigenvalue weighted by atomic mass is 10.1. The first kappa shape index (κ1) is 9.99. The van der Waals surface area contributed by atoms with Crippen LogP contribution in [0.2, 0.25) is 5.15 Å². The Morgan fingerprint density at radius 1 is 1.50 bits per heavy atom. The van der Waals surface area contributed by atoms with Gasteiger partial charge in [-0.05, 0) is 36.7 Å². The van der Waals surface area contributed by atoms with Crippen molar-refractivity contribution in [2.24, 2.45) is 0 Å². The lowest BCUT2D eigenvalue weighted by Gasteiger charge is -2.19. The van der Waals surface area contributed by atoms with Gasteiger partial charge in [0, 0.05) is 0 Å². The van der Waals surface area contributed by atoms with Crippen molar-refractivity contribution in [1.82, 2.24) is 9.78 Å². The van der Waals surface area contributed by atoms with Gasteiger partial charge in [0.05, 0.1) is 5.54 Å². The lowest BCUT2D eigenvalue weighted by molar-refractivity contribution is 0.346. The van der Waals surface area contributed by atoms with Gasteiger partial charge in [-0.15, -0.1) is 0 Å². The van der Waals surface area contributed by atoms with Gasteiger partial charge >= 0.3 is 0 Å². The van der Waals surface area contributed by atoms with Gasteiger partial charge < -0.3 is 0 Å². The topological polar surface area (TPSA) is 17.8 Å². The van der Waals surface area contributed by atoms with Crippen LogP contribution in [0.3, 0.4) is 0 Å². The molecule has 0 aromatic carbocycles. The highest BCUT2D eigenvalue weighted by molar-refractivity contribution is 9.10. The van der Waals surface area contributed by atoms with E-state index in [1.54, 1.807) is 0 Å². The maximum absolute atomic E-state index is 13.0. The molecule has 0 N–H and O–H groups in total. The quantitative estimate of drug-likeness (QED) is 0.696. The predicted molar refractivity (Wildman–Crippen MR) is 49.9 cm³/mol. The van der Waals surface area contributed by atoms with E-state index in [4.69, 9.17) is 11.6 Å². The molecular weight excluding hydrogens is 246 g/mol. The van der Waals surface area contributed by atoms with Crippen molar-refractivity contribution in [3.63, 3.8) is 0 Å². The summed E-state index contributed by atoms with van der Waals surface area (Å²) in [5.41, 5.74) is -0.271. The van der Waals surface area contributed by atoms with Crippen LogP contribution in [-0.4, -0.2) is 9.78 Å². The first-order chi connectivity index (χ1) is 5.34. The Balaban J connectivity index is 3.28. The Bertz CT molecular complexity index is 303. The second-order valence-corrected chi connectivity index (χ2v) is 4.59. The van der Waals surface area contributed by atoms with Gasteiger partial charge in [0.25, 0.3) is 0 Å². The summed E-state index contributed by atoms with van der Waals surface area (Å²) >= 11 is 8.58. The Morgan fingerprint density at radius 2 is 2.00 bits per heavy atom. The van der Waals surface area contributed by atoms with Gasteiger partial charge in [0.15, 0.2) is 11.0 Å². The van der Waals surface area contributed by atoms with E-state index in [-0.39, 0.29) is 10.7 Å². The maximum atomic E-state index is 13.0.